The highest BCUT2D eigenvalue weighted by Crippen LogP contribution is 2.31. The minimum atomic E-state index is 0.632. The fraction of sp³-hybridized carbons (Fsp3) is 0.800. The van der Waals surface area contributed by atoms with E-state index in [0.717, 1.165) is 16.1 Å². The molecule has 0 amide bonds. The van der Waals surface area contributed by atoms with Crippen molar-refractivity contribution in [1.29, 1.82) is 0 Å². The summed E-state index contributed by atoms with van der Waals surface area (Å²) in [5, 5.41) is 13.7. The van der Waals surface area contributed by atoms with Gasteiger partial charge in [0.15, 0.2) is 0 Å². The zero-order valence-corrected chi connectivity index (χ0v) is 9.60. The predicted molar refractivity (Wildman–Crippen MR) is 59.7 cm³/mol. The number of rotatable bonds is 3. The lowest BCUT2D eigenvalue weighted by Crippen LogP contribution is -2.23. The van der Waals surface area contributed by atoms with Crippen LogP contribution in [-0.4, -0.2) is 16.2 Å². The lowest BCUT2D eigenvalue weighted by Gasteiger charge is -2.18. The number of nitrogens with zero attached hydrogens (tertiary/aromatic N) is 2. The Morgan fingerprint density at radius 1 is 1.43 bits per heavy atom. The van der Waals surface area contributed by atoms with Crippen molar-refractivity contribution in [2.75, 3.05) is 5.32 Å². The van der Waals surface area contributed by atoms with Crippen molar-refractivity contribution >= 4 is 16.5 Å². The zero-order chi connectivity index (χ0) is 9.97. The van der Waals surface area contributed by atoms with Gasteiger partial charge in [-0.15, -0.1) is 10.2 Å². The molecule has 0 radical (unpaired) electrons. The molecule has 3 nitrogen and oxygen atoms in total. The lowest BCUT2D eigenvalue weighted by atomic mass is 10.0. The van der Waals surface area contributed by atoms with Crippen LogP contribution in [0, 0.1) is 12.8 Å². The zero-order valence-electron chi connectivity index (χ0n) is 8.79. The van der Waals surface area contributed by atoms with Gasteiger partial charge in [-0.2, -0.15) is 0 Å². The first-order valence-electron chi connectivity index (χ1n) is 5.36. The average molecular weight is 211 g/mol. The second kappa shape index (κ2) is 4.26. The monoisotopic (exact) mass is 211 g/mol. The van der Waals surface area contributed by atoms with Crippen molar-refractivity contribution in [3.05, 3.63) is 5.01 Å². The van der Waals surface area contributed by atoms with Gasteiger partial charge in [0, 0.05) is 6.04 Å². The highest BCUT2D eigenvalue weighted by atomic mass is 32.1. The molecule has 14 heavy (non-hydrogen) atoms. The molecule has 2 rings (SSSR count). The quantitative estimate of drug-likeness (QED) is 0.835. The first-order valence-corrected chi connectivity index (χ1v) is 6.18. The van der Waals surface area contributed by atoms with E-state index in [1.54, 1.807) is 11.3 Å². The summed E-state index contributed by atoms with van der Waals surface area (Å²) in [5.41, 5.74) is 0. The van der Waals surface area contributed by atoms with Crippen molar-refractivity contribution in [1.82, 2.24) is 10.2 Å². The molecule has 1 aromatic heterocycles. The van der Waals surface area contributed by atoms with Crippen molar-refractivity contribution in [2.24, 2.45) is 5.92 Å². The number of hydrogen-bond acceptors (Lipinski definition) is 4. The van der Waals surface area contributed by atoms with E-state index in [1.165, 1.54) is 25.7 Å². The van der Waals surface area contributed by atoms with Crippen LogP contribution >= 0.6 is 11.3 Å². The minimum absolute atomic E-state index is 0.632. The van der Waals surface area contributed by atoms with Gasteiger partial charge in [-0.1, -0.05) is 31.1 Å². The third kappa shape index (κ3) is 2.05. The Bertz CT molecular complexity index is 297. The molecule has 2 atom stereocenters. The second-order valence-corrected chi connectivity index (χ2v) is 5.16. The average Bonchev–Trinajstić information content (AvgIpc) is 2.76. The Balaban J connectivity index is 1.96. The third-order valence-corrected chi connectivity index (χ3v) is 3.79. The molecule has 1 N–H and O–H groups in total. The van der Waals surface area contributed by atoms with E-state index in [4.69, 9.17) is 0 Å². The molecule has 2 unspecified atom stereocenters. The van der Waals surface area contributed by atoms with Crippen molar-refractivity contribution in [3.8, 4) is 0 Å². The van der Waals surface area contributed by atoms with Gasteiger partial charge in [0.1, 0.15) is 5.01 Å². The van der Waals surface area contributed by atoms with E-state index >= 15 is 0 Å². The molecule has 1 aliphatic carbocycles. The van der Waals surface area contributed by atoms with Crippen molar-refractivity contribution in [3.63, 3.8) is 0 Å². The molecule has 0 bridgehead atoms. The first-order chi connectivity index (χ1) is 6.79. The normalized spacial score (nSPS) is 26.7. The lowest BCUT2D eigenvalue weighted by molar-refractivity contribution is 0.488. The Kier molecular flexibility index (Phi) is 3.01. The van der Waals surface area contributed by atoms with E-state index in [0.29, 0.717) is 6.04 Å². The maximum absolute atomic E-state index is 4.11. The summed E-state index contributed by atoms with van der Waals surface area (Å²) in [6.07, 6.45) is 5.28. The number of aryl methyl sites for hydroxylation is 1. The van der Waals surface area contributed by atoms with Crippen LogP contribution in [0.15, 0.2) is 0 Å². The summed E-state index contributed by atoms with van der Waals surface area (Å²) < 4.78 is 0. The molecule has 0 spiro atoms. The second-order valence-electron chi connectivity index (χ2n) is 3.98. The van der Waals surface area contributed by atoms with Crippen LogP contribution in [0.5, 0.6) is 0 Å². The highest BCUT2D eigenvalue weighted by molar-refractivity contribution is 7.15. The van der Waals surface area contributed by atoms with Gasteiger partial charge in [0.05, 0.1) is 0 Å². The van der Waals surface area contributed by atoms with Gasteiger partial charge >= 0.3 is 0 Å². The summed E-state index contributed by atoms with van der Waals surface area (Å²) in [6.45, 7) is 4.27. The van der Waals surface area contributed by atoms with Gasteiger partial charge in [-0.3, -0.25) is 0 Å². The molecule has 1 aromatic rings. The predicted octanol–water partition coefficient (Wildman–Crippen LogP) is 2.84. The van der Waals surface area contributed by atoms with Crippen LogP contribution in [0.1, 0.15) is 37.6 Å². The molecule has 0 saturated heterocycles. The molecule has 0 aromatic carbocycles. The van der Waals surface area contributed by atoms with Gasteiger partial charge in [-0.25, -0.2) is 0 Å². The Morgan fingerprint density at radius 3 is 2.93 bits per heavy atom. The first kappa shape index (κ1) is 9.90. The number of aromatic nitrogens is 2. The van der Waals surface area contributed by atoms with E-state index in [-0.39, 0.29) is 0 Å². The van der Waals surface area contributed by atoms with E-state index in [9.17, 15) is 0 Å². The van der Waals surface area contributed by atoms with Crippen LogP contribution in [-0.2, 0) is 0 Å². The third-order valence-electron chi connectivity index (χ3n) is 3.02. The molecular formula is C10H17N3S. The van der Waals surface area contributed by atoms with Crippen LogP contribution in [0.4, 0.5) is 5.13 Å². The van der Waals surface area contributed by atoms with E-state index in [1.807, 2.05) is 6.92 Å². The Hall–Kier alpha value is -0.640. The Labute approximate surface area is 88.9 Å². The fourth-order valence-corrected chi connectivity index (χ4v) is 2.88. The minimum Gasteiger partial charge on any atom is -0.357 e. The van der Waals surface area contributed by atoms with Crippen LogP contribution in [0.3, 0.4) is 0 Å². The number of anilines is 1. The van der Waals surface area contributed by atoms with Crippen LogP contribution in [0.25, 0.3) is 0 Å². The maximum Gasteiger partial charge on any atom is 0.205 e. The highest BCUT2D eigenvalue weighted by Gasteiger charge is 2.26. The maximum atomic E-state index is 4.11. The summed E-state index contributed by atoms with van der Waals surface area (Å²) in [4.78, 5) is 0. The van der Waals surface area contributed by atoms with Crippen molar-refractivity contribution in [2.45, 2.75) is 45.6 Å². The molecule has 4 heteroatoms. The SMILES string of the molecule is CCC1CCCC1Nc1nnc(C)s1. The van der Waals surface area contributed by atoms with E-state index in [2.05, 4.69) is 22.4 Å². The molecular weight excluding hydrogens is 194 g/mol. The molecule has 1 aliphatic rings. The summed E-state index contributed by atoms with van der Waals surface area (Å²) in [5.74, 6) is 0.833. The smallest absolute Gasteiger partial charge is 0.205 e. The molecule has 0 aliphatic heterocycles. The largest absolute Gasteiger partial charge is 0.357 e. The molecule has 1 fully saturated rings. The van der Waals surface area contributed by atoms with Gasteiger partial charge in [0.2, 0.25) is 5.13 Å². The summed E-state index contributed by atoms with van der Waals surface area (Å²) in [6, 6.07) is 0.632. The van der Waals surface area contributed by atoms with Gasteiger partial charge in [-0.05, 0) is 25.7 Å². The standard InChI is InChI=1S/C10H17N3S/c1-3-8-5-4-6-9(8)11-10-13-12-7(2)14-10/h8-9H,3-6H2,1-2H3,(H,11,13). The molecule has 1 saturated carbocycles. The summed E-state index contributed by atoms with van der Waals surface area (Å²) in [7, 11) is 0. The fourth-order valence-electron chi connectivity index (χ4n) is 2.23. The van der Waals surface area contributed by atoms with Gasteiger partial charge in [0.25, 0.3) is 0 Å². The summed E-state index contributed by atoms with van der Waals surface area (Å²) >= 11 is 1.65. The molecule has 78 valence electrons. The molecule has 1 heterocycles. The Morgan fingerprint density at radius 2 is 2.29 bits per heavy atom. The van der Waals surface area contributed by atoms with Crippen LogP contribution in [0.2, 0.25) is 0 Å². The van der Waals surface area contributed by atoms with Crippen molar-refractivity contribution < 1.29 is 0 Å². The number of hydrogen-bond donors (Lipinski definition) is 1. The van der Waals surface area contributed by atoms with E-state index < -0.39 is 0 Å². The van der Waals surface area contributed by atoms with Gasteiger partial charge < -0.3 is 5.32 Å². The van der Waals surface area contributed by atoms with Crippen LogP contribution < -0.4 is 5.32 Å². The number of nitrogens with one attached hydrogen (secondary N) is 1. The topological polar surface area (TPSA) is 37.8 Å².